The first-order chi connectivity index (χ1) is 13.6. The second kappa shape index (κ2) is 18.3. The fourth-order valence-electron chi connectivity index (χ4n) is 1.78. The van der Waals surface area contributed by atoms with Gasteiger partial charge in [0.15, 0.2) is 0 Å². The summed E-state index contributed by atoms with van der Waals surface area (Å²) in [6.45, 7) is 19.0. The number of anilines is 1. The van der Waals surface area contributed by atoms with E-state index < -0.39 is 0 Å². The Morgan fingerprint density at radius 1 is 1.10 bits per heavy atom. The van der Waals surface area contributed by atoms with Gasteiger partial charge in [0.05, 0.1) is 5.69 Å². The molecule has 0 aliphatic rings. The molecule has 0 saturated carbocycles. The van der Waals surface area contributed by atoms with Crippen LogP contribution in [0.5, 0.6) is 0 Å². The van der Waals surface area contributed by atoms with Crippen molar-refractivity contribution in [2.75, 3.05) is 12.3 Å². The molecular formula is C22H42BN3O3. The molecular weight excluding hydrogens is 365 g/mol. The summed E-state index contributed by atoms with van der Waals surface area (Å²) in [6, 6.07) is 0. The summed E-state index contributed by atoms with van der Waals surface area (Å²) in [5, 5.41) is 0. The molecule has 1 heterocycles. The van der Waals surface area contributed by atoms with Crippen LogP contribution in [0.4, 0.5) is 5.82 Å². The minimum atomic E-state index is -0.00907. The van der Waals surface area contributed by atoms with Crippen molar-refractivity contribution in [2.24, 2.45) is 11.8 Å². The predicted molar refractivity (Wildman–Crippen MR) is 123 cm³/mol. The van der Waals surface area contributed by atoms with Gasteiger partial charge < -0.3 is 5.73 Å². The number of nitrogen functional groups attached to an aromatic ring is 1. The van der Waals surface area contributed by atoms with Gasteiger partial charge in [-0.1, -0.05) is 59.6 Å². The Balaban J connectivity index is 0. The Bertz CT molecular complexity index is 546. The minimum absolute atomic E-state index is 0.00907. The van der Waals surface area contributed by atoms with Gasteiger partial charge in [-0.2, -0.15) is 0 Å². The number of aromatic nitrogens is 2. The largest absolute Gasteiger partial charge is 0.383 e. The van der Waals surface area contributed by atoms with Gasteiger partial charge >= 0.3 is 61.0 Å². The molecule has 0 amide bonds. The van der Waals surface area contributed by atoms with Gasteiger partial charge in [-0.15, -0.1) is 0 Å². The molecule has 0 bridgehead atoms. The van der Waals surface area contributed by atoms with Gasteiger partial charge in [-0.05, 0) is 18.8 Å². The first kappa shape index (κ1) is 29.4. The van der Waals surface area contributed by atoms with E-state index in [0.29, 0.717) is 25.7 Å². The third kappa shape index (κ3) is 18.0. The van der Waals surface area contributed by atoms with Gasteiger partial charge in [-0.3, -0.25) is 0 Å². The van der Waals surface area contributed by atoms with Crippen LogP contribution in [0.3, 0.4) is 0 Å². The van der Waals surface area contributed by atoms with Crippen molar-refractivity contribution >= 4 is 19.2 Å². The van der Waals surface area contributed by atoms with Crippen LogP contribution in [0, 0.1) is 18.8 Å². The summed E-state index contributed by atoms with van der Waals surface area (Å²) in [5.74, 6) is 2.00. The van der Waals surface area contributed by atoms with Crippen molar-refractivity contribution in [2.45, 2.75) is 87.4 Å². The average molecular weight is 407 g/mol. The fraction of sp³-hybridized carbons (Fsp3) is 0.727. The van der Waals surface area contributed by atoms with Crippen molar-refractivity contribution in [1.82, 2.24) is 9.97 Å². The van der Waals surface area contributed by atoms with Crippen LogP contribution < -0.4 is 5.73 Å². The van der Waals surface area contributed by atoms with Crippen LogP contribution in [0.1, 0.15) is 79.5 Å². The van der Waals surface area contributed by atoms with E-state index in [-0.39, 0.29) is 12.2 Å². The molecule has 0 aliphatic carbocycles. The third-order valence-electron chi connectivity index (χ3n) is 4.07. The van der Waals surface area contributed by atoms with Gasteiger partial charge in [0, 0.05) is 5.56 Å². The number of hydrogen-bond donors (Lipinski definition) is 1. The SMILES string of the molecule is CC(C)OC(C)COB=O.CCC(C)/C=C\c1c(C)ncnc1N.CCC(C)C. The molecule has 1 aromatic rings. The van der Waals surface area contributed by atoms with Gasteiger partial charge in [0.1, 0.15) is 12.1 Å². The summed E-state index contributed by atoms with van der Waals surface area (Å²) in [4.78, 5) is 8.06. The maximum Gasteiger partial charge on any atom is 0.134 e. The smallest absolute Gasteiger partial charge is 0.134 e. The second-order valence-corrected chi connectivity index (χ2v) is 7.73. The van der Waals surface area contributed by atoms with Crippen molar-refractivity contribution in [1.29, 1.82) is 0 Å². The molecule has 2 N–H and O–H groups in total. The molecule has 2 unspecified atom stereocenters. The average Bonchev–Trinajstić information content (AvgIpc) is 2.66. The molecule has 1 rings (SSSR count). The van der Waals surface area contributed by atoms with Crippen LogP contribution in [0.25, 0.3) is 6.08 Å². The predicted octanol–water partition coefficient (Wildman–Crippen LogP) is 5.26. The van der Waals surface area contributed by atoms with Gasteiger partial charge in [0.2, 0.25) is 0 Å². The van der Waals surface area contributed by atoms with E-state index in [1.54, 1.807) is 0 Å². The Morgan fingerprint density at radius 2 is 1.69 bits per heavy atom. The van der Waals surface area contributed by atoms with E-state index in [1.807, 2.05) is 33.8 Å². The topological polar surface area (TPSA) is 87.3 Å². The quantitative estimate of drug-likeness (QED) is 0.562. The Hall–Kier alpha value is -1.76. The zero-order chi connectivity index (χ0) is 22.8. The van der Waals surface area contributed by atoms with E-state index in [1.165, 1.54) is 12.7 Å². The van der Waals surface area contributed by atoms with Crippen LogP contribution in [-0.2, 0) is 14.1 Å². The molecule has 0 saturated heterocycles. The molecule has 0 radical (unpaired) electrons. The van der Waals surface area contributed by atoms with E-state index in [9.17, 15) is 4.70 Å². The minimum Gasteiger partial charge on any atom is -0.383 e. The Kier molecular flexibility index (Phi) is 18.6. The van der Waals surface area contributed by atoms with Crippen molar-refractivity contribution in [3.63, 3.8) is 0 Å². The monoisotopic (exact) mass is 407 g/mol. The normalized spacial score (nSPS) is 12.5. The molecule has 0 aromatic carbocycles. The van der Waals surface area contributed by atoms with E-state index in [2.05, 4.69) is 55.3 Å². The number of hydrogen-bond acceptors (Lipinski definition) is 6. The number of allylic oxidation sites excluding steroid dienone is 1. The summed E-state index contributed by atoms with van der Waals surface area (Å²) < 4.78 is 19.5. The van der Waals surface area contributed by atoms with Crippen molar-refractivity contribution in [3.8, 4) is 0 Å². The fourth-order valence-corrected chi connectivity index (χ4v) is 1.78. The summed E-state index contributed by atoms with van der Waals surface area (Å²) in [6.07, 6.45) is 8.26. The number of nitrogens with two attached hydrogens (primary N) is 1. The molecule has 0 aliphatic heterocycles. The zero-order valence-electron chi connectivity index (χ0n) is 19.9. The summed E-state index contributed by atoms with van der Waals surface area (Å²) in [5.41, 5.74) is 7.61. The number of ether oxygens (including phenoxy) is 1. The maximum absolute atomic E-state index is 9.72. The van der Waals surface area contributed by atoms with Crippen molar-refractivity contribution < 1.29 is 14.1 Å². The van der Waals surface area contributed by atoms with Gasteiger partial charge in [0.25, 0.3) is 0 Å². The third-order valence-corrected chi connectivity index (χ3v) is 4.07. The number of nitrogens with zero attached hydrogens (tertiary/aromatic N) is 2. The zero-order valence-corrected chi connectivity index (χ0v) is 19.9. The maximum atomic E-state index is 9.72. The van der Waals surface area contributed by atoms with Crippen LogP contribution in [0.2, 0.25) is 0 Å². The first-order valence-electron chi connectivity index (χ1n) is 10.5. The molecule has 29 heavy (non-hydrogen) atoms. The number of aryl methyl sites for hydroxylation is 1. The van der Waals surface area contributed by atoms with Crippen LogP contribution >= 0.6 is 0 Å². The molecule has 166 valence electrons. The summed E-state index contributed by atoms with van der Waals surface area (Å²) >= 11 is 0. The first-order valence-corrected chi connectivity index (χ1v) is 10.5. The van der Waals surface area contributed by atoms with E-state index in [0.717, 1.165) is 23.6 Å². The second-order valence-electron chi connectivity index (χ2n) is 7.73. The molecule has 6 nitrogen and oxygen atoms in total. The van der Waals surface area contributed by atoms with Crippen molar-refractivity contribution in [3.05, 3.63) is 23.7 Å². The Labute approximate surface area is 179 Å². The molecule has 2 atom stereocenters. The molecule has 7 heteroatoms. The molecule has 0 fully saturated rings. The molecule has 0 spiro atoms. The van der Waals surface area contributed by atoms with Gasteiger partial charge in [-0.25, -0.2) is 9.97 Å². The van der Waals surface area contributed by atoms with Crippen LogP contribution in [-0.4, -0.2) is 36.1 Å². The Morgan fingerprint density at radius 3 is 2.10 bits per heavy atom. The number of rotatable bonds is 9. The molecule has 1 aromatic heterocycles. The summed E-state index contributed by atoms with van der Waals surface area (Å²) in [7, 11) is 0.431. The van der Waals surface area contributed by atoms with E-state index >= 15 is 0 Å². The van der Waals surface area contributed by atoms with Crippen LogP contribution in [0.15, 0.2) is 12.4 Å². The van der Waals surface area contributed by atoms with E-state index in [4.69, 9.17) is 10.5 Å². The standard InChI is InChI=1S/C11H17N3.C6H13BO3.C5H12/c1-4-8(2)5-6-10-9(3)13-7-14-11(10)12;1-5(2)10-6(3)4-9-7-8;1-4-5(2)3/h5-8H,4H2,1-3H3,(H2,12,13,14);5-6H,4H2,1-3H3;5H,4H2,1-3H3/b6-5-;;.